The molecule has 11 heteroatoms. The summed E-state index contributed by atoms with van der Waals surface area (Å²) < 4.78 is 16.3. The van der Waals surface area contributed by atoms with Gasteiger partial charge in [0.05, 0.1) is 11.2 Å². The molecule has 3 aliphatic heterocycles. The Morgan fingerprint density at radius 2 is 2.09 bits per heavy atom. The van der Waals surface area contributed by atoms with Crippen LogP contribution in [0.4, 0.5) is 5.69 Å². The van der Waals surface area contributed by atoms with Crippen LogP contribution in [0, 0.1) is 16.0 Å². The summed E-state index contributed by atoms with van der Waals surface area (Å²) >= 11 is 1.29. The van der Waals surface area contributed by atoms with Gasteiger partial charge >= 0.3 is 11.9 Å². The number of carbonyl (C=O) groups excluding carboxylic acids is 3. The second-order valence-electron chi connectivity index (χ2n) is 7.46. The van der Waals surface area contributed by atoms with Crippen molar-refractivity contribution in [3.63, 3.8) is 0 Å². The molecule has 10 nitrogen and oxygen atoms in total. The molecule has 4 atom stereocenters. The standard InChI is InChI=1S/C21H20N2O8S/c1-12(24)31-18(16-4-2-3-9-29-16)17-19(25)22-15(11-32-20(17)22)21(26)30-10-13-5-7-14(8-6-13)23(27)28/h3,5-9,11,16-18,20H,2,4,10H2,1H3/t16?,17?,18?,20-/m1/s1. The molecule has 1 aromatic carbocycles. The van der Waals surface area contributed by atoms with Gasteiger partial charge in [0, 0.05) is 24.5 Å². The fraction of sp³-hybridized carbons (Fsp3) is 0.381. The first-order valence-electron chi connectivity index (χ1n) is 9.93. The second kappa shape index (κ2) is 9.03. The summed E-state index contributed by atoms with van der Waals surface area (Å²) in [6.07, 6.45) is 3.60. The molecular weight excluding hydrogens is 440 g/mol. The molecule has 1 saturated heterocycles. The maximum absolute atomic E-state index is 12.9. The molecular formula is C21H20N2O8S. The first kappa shape index (κ1) is 21.9. The number of rotatable bonds is 7. The van der Waals surface area contributed by atoms with Gasteiger partial charge in [0.25, 0.3) is 5.69 Å². The van der Waals surface area contributed by atoms with Crippen molar-refractivity contribution in [2.24, 2.45) is 5.92 Å². The summed E-state index contributed by atoms with van der Waals surface area (Å²) in [5, 5.41) is 11.9. The summed E-state index contributed by atoms with van der Waals surface area (Å²) in [5.74, 6) is -2.14. The first-order chi connectivity index (χ1) is 15.4. The van der Waals surface area contributed by atoms with Crippen molar-refractivity contribution in [2.45, 2.75) is 44.0 Å². The number of amides is 1. The average molecular weight is 460 g/mol. The van der Waals surface area contributed by atoms with E-state index in [2.05, 4.69) is 0 Å². The highest BCUT2D eigenvalue weighted by molar-refractivity contribution is 8.03. The van der Waals surface area contributed by atoms with E-state index in [-0.39, 0.29) is 29.3 Å². The molecule has 0 radical (unpaired) electrons. The highest BCUT2D eigenvalue weighted by Crippen LogP contribution is 2.48. The highest BCUT2D eigenvalue weighted by atomic mass is 32.2. The Labute approximate surface area is 187 Å². The minimum atomic E-state index is -0.748. The quantitative estimate of drug-likeness (QED) is 0.261. The van der Waals surface area contributed by atoms with Crippen LogP contribution in [0.1, 0.15) is 25.3 Å². The van der Waals surface area contributed by atoms with E-state index in [1.807, 2.05) is 6.08 Å². The van der Waals surface area contributed by atoms with E-state index in [1.165, 1.54) is 47.9 Å². The number of nitrogens with zero attached hydrogens (tertiary/aromatic N) is 2. The average Bonchev–Trinajstić information content (AvgIpc) is 3.17. The third kappa shape index (κ3) is 4.20. The Hall–Kier alpha value is -3.34. The van der Waals surface area contributed by atoms with E-state index >= 15 is 0 Å². The number of hydrogen-bond acceptors (Lipinski definition) is 9. The number of β-lactam (4-membered cyclic amide) rings is 1. The SMILES string of the molecule is CC(=O)OC(C1CCC=CO1)C1C(=O)N2C(C(=O)OCc3ccc([N+](=O)[O-])cc3)=CS[C@H]12. The van der Waals surface area contributed by atoms with Gasteiger partial charge in [-0.25, -0.2) is 4.79 Å². The van der Waals surface area contributed by atoms with Gasteiger partial charge in [-0.05, 0) is 36.6 Å². The van der Waals surface area contributed by atoms with Gasteiger partial charge in [0.2, 0.25) is 5.91 Å². The van der Waals surface area contributed by atoms with E-state index in [1.54, 1.807) is 11.7 Å². The second-order valence-corrected chi connectivity index (χ2v) is 8.45. The number of ether oxygens (including phenoxy) is 3. The minimum absolute atomic E-state index is 0.0604. The Bertz CT molecular complexity index is 1010. The number of esters is 2. The summed E-state index contributed by atoms with van der Waals surface area (Å²) in [6.45, 7) is 1.20. The molecule has 3 aliphatic rings. The summed E-state index contributed by atoms with van der Waals surface area (Å²) in [4.78, 5) is 48.7. The highest BCUT2D eigenvalue weighted by Gasteiger charge is 2.59. The largest absolute Gasteiger partial charge is 0.494 e. The topological polar surface area (TPSA) is 125 Å². The van der Waals surface area contributed by atoms with Crippen molar-refractivity contribution in [3.8, 4) is 0 Å². The van der Waals surface area contributed by atoms with E-state index in [0.717, 1.165) is 6.42 Å². The van der Waals surface area contributed by atoms with Crippen LogP contribution >= 0.6 is 11.8 Å². The lowest BCUT2D eigenvalue weighted by atomic mass is 9.86. The minimum Gasteiger partial charge on any atom is -0.494 e. The number of nitro groups is 1. The number of thioether (sulfide) groups is 1. The molecule has 0 N–H and O–H groups in total. The molecule has 0 aromatic heterocycles. The van der Waals surface area contributed by atoms with Crippen LogP contribution < -0.4 is 0 Å². The Kier molecular flexibility index (Phi) is 6.17. The smallest absolute Gasteiger partial charge is 0.355 e. The van der Waals surface area contributed by atoms with Gasteiger partial charge in [-0.15, -0.1) is 11.8 Å². The Morgan fingerprint density at radius 1 is 1.34 bits per heavy atom. The van der Waals surface area contributed by atoms with E-state index in [0.29, 0.717) is 12.0 Å². The number of carbonyl (C=O) groups is 3. The Morgan fingerprint density at radius 3 is 2.72 bits per heavy atom. The van der Waals surface area contributed by atoms with Gasteiger partial charge in [0.1, 0.15) is 29.7 Å². The lowest BCUT2D eigenvalue weighted by Gasteiger charge is -2.47. The number of fused-ring (bicyclic) bond motifs is 1. The van der Waals surface area contributed by atoms with Crippen LogP contribution in [0.2, 0.25) is 0 Å². The van der Waals surface area contributed by atoms with Crippen LogP contribution in [0.25, 0.3) is 0 Å². The zero-order valence-electron chi connectivity index (χ0n) is 17.0. The molecule has 168 valence electrons. The summed E-state index contributed by atoms with van der Waals surface area (Å²) in [5.41, 5.74) is 0.640. The predicted octanol–water partition coefficient (Wildman–Crippen LogP) is 2.64. The van der Waals surface area contributed by atoms with Crippen LogP contribution in [0.15, 0.2) is 47.7 Å². The lowest BCUT2D eigenvalue weighted by molar-refractivity contribution is -0.384. The van der Waals surface area contributed by atoms with Crippen LogP contribution in [0.3, 0.4) is 0 Å². The number of benzene rings is 1. The van der Waals surface area contributed by atoms with Gasteiger partial charge in [0.15, 0.2) is 6.10 Å². The van der Waals surface area contributed by atoms with E-state index in [4.69, 9.17) is 14.2 Å². The molecule has 0 bridgehead atoms. The van der Waals surface area contributed by atoms with E-state index < -0.39 is 35.0 Å². The molecule has 0 saturated carbocycles. The van der Waals surface area contributed by atoms with Crippen LogP contribution in [-0.4, -0.2) is 45.3 Å². The normalized spacial score (nSPS) is 24.5. The molecule has 32 heavy (non-hydrogen) atoms. The van der Waals surface area contributed by atoms with E-state index in [9.17, 15) is 24.5 Å². The molecule has 3 unspecified atom stereocenters. The van der Waals surface area contributed by atoms with Crippen molar-refractivity contribution in [3.05, 3.63) is 63.4 Å². The Balaban J connectivity index is 1.39. The van der Waals surface area contributed by atoms with Gasteiger partial charge < -0.3 is 14.2 Å². The third-order valence-corrected chi connectivity index (χ3v) is 6.52. The summed E-state index contributed by atoms with van der Waals surface area (Å²) in [6, 6.07) is 5.65. The zero-order valence-corrected chi connectivity index (χ0v) is 17.9. The fourth-order valence-electron chi connectivity index (χ4n) is 3.83. The first-order valence-corrected chi connectivity index (χ1v) is 10.9. The molecule has 4 rings (SSSR count). The van der Waals surface area contributed by atoms with Crippen LogP contribution in [-0.2, 0) is 35.2 Å². The monoisotopic (exact) mass is 460 g/mol. The number of hydrogen-bond donors (Lipinski definition) is 0. The van der Waals surface area contributed by atoms with Gasteiger partial charge in [-0.2, -0.15) is 0 Å². The third-order valence-electron chi connectivity index (χ3n) is 5.38. The van der Waals surface area contributed by atoms with Gasteiger partial charge in [-0.1, -0.05) is 0 Å². The molecule has 0 aliphatic carbocycles. The maximum Gasteiger partial charge on any atom is 0.355 e. The van der Waals surface area contributed by atoms with Crippen molar-refractivity contribution < 1.29 is 33.5 Å². The van der Waals surface area contributed by atoms with Gasteiger partial charge in [-0.3, -0.25) is 24.6 Å². The lowest BCUT2D eigenvalue weighted by Crippen LogP contribution is -2.64. The molecule has 3 heterocycles. The molecule has 1 fully saturated rings. The number of nitro benzene ring substituents is 1. The number of allylic oxidation sites excluding steroid dienone is 1. The molecule has 1 aromatic rings. The summed E-state index contributed by atoms with van der Waals surface area (Å²) in [7, 11) is 0. The fourth-order valence-corrected chi connectivity index (χ4v) is 5.09. The predicted molar refractivity (Wildman–Crippen MR) is 111 cm³/mol. The molecule has 1 amide bonds. The van der Waals surface area contributed by atoms with Crippen molar-refractivity contribution in [1.82, 2.24) is 4.90 Å². The maximum atomic E-state index is 12.9. The van der Waals surface area contributed by atoms with Crippen LogP contribution in [0.5, 0.6) is 0 Å². The molecule has 0 spiro atoms. The van der Waals surface area contributed by atoms with Crippen molar-refractivity contribution >= 4 is 35.3 Å². The zero-order chi connectivity index (χ0) is 22.8. The van der Waals surface area contributed by atoms with Crippen molar-refractivity contribution in [1.29, 1.82) is 0 Å². The number of non-ortho nitro benzene ring substituents is 1. The van der Waals surface area contributed by atoms with Crippen molar-refractivity contribution in [2.75, 3.05) is 0 Å².